The highest BCUT2D eigenvalue weighted by atomic mass is 79.9. The lowest BCUT2D eigenvalue weighted by atomic mass is 9.92. The summed E-state index contributed by atoms with van der Waals surface area (Å²) in [6.07, 6.45) is 1.06. The van der Waals surface area contributed by atoms with Crippen LogP contribution in [0.3, 0.4) is 0 Å². The zero-order valence-corrected chi connectivity index (χ0v) is 11.0. The van der Waals surface area contributed by atoms with E-state index in [0.717, 1.165) is 18.7 Å². The molecule has 1 aromatic rings. The molecule has 0 atom stereocenters. The van der Waals surface area contributed by atoms with E-state index in [4.69, 9.17) is 0 Å². The van der Waals surface area contributed by atoms with Gasteiger partial charge in [0.15, 0.2) is 0 Å². The van der Waals surface area contributed by atoms with Crippen molar-refractivity contribution in [1.82, 2.24) is 0 Å². The molecular weight excluding hydrogens is 257 g/mol. The highest BCUT2D eigenvalue weighted by Crippen LogP contribution is 2.21. The van der Waals surface area contributed by atoms with Gasteiger partial charge in [-0.1, -0.05) is 20.8 Å². The van der Waals surface area contributed by atoms with Crippen LogP contribution in [-0.2, 0) is 0 Å². The Kier molecular flexibility index (Phi) is 4.14. The van der Waals surface area contributed by atoms with Gasteiger partial charge in [-0.2, -0.15) is 0 Å². The molecule has 15 heavy (non-hydrogen) atoms. The molecule has 0 saturated heterocycles. The normalized spacial score (nSPS) is 11.5. The number of hydrogen-bond donors (Lipinski definition) is 1. The molecule has 0 aliphatic rings. The van der Waals surface area contributed by atoms with Crippen LogP contribution in [0.5, 0.6) is 0 Å². The second-order valence-corrected chi connectivity index (χ2v) is 5.72. The van der Waals surface area contributed by atoms with E-state index in [9.17, 15) is 4.39 Å². The van der Waals surface area contributed by atoms with Gasteiger partial charge in [-0.25, -0.2) is 4.39 Å². The van der Waals surface area contributed by atoms with Crippen LogP contribution in [0.25, 0.3) is 0 Å². The molecule has 0 fully saturated rings. The molecule has 0 aromatic heterocycles. The van der Waals surface area contributed by atoms with Gasteiger partial charge in [-0.05, 0) is 46.0 Å². The number of anilines is 1. The first-order chi connectivity index (χ1) is 6.88. The zero-order chi connectivity index (χ0) is 11.5. The van der Waals surface area contributed by atoms with Crippen molar-refractivity contribution in [2.75, 3.05) is 11.9 Å². The maximum atomic E-state index is 13.2. The van der Waals surface area contributed by atoms with Crippen molar-refractivity contribution < 1.29 is 4.39 Å². The van der Waals surface area contributed by atoms with Gasteiger partial charge in [0, 0.05) is 12.2 Å². The van der Waals surface area contributed by atoms with Crippen LogP contribution in [0.4, 0.5) is 10.1 Å². The van der Waals surface area contributed by atoms with Crippen molar-refractivity contribution >= 4 is 21.6 Å². The van der Waals surface area contributed by atoms with Crippen LogP contribution in [-0.4, -0.2) is 6.54 Å². The number of rotatable bonds is 3. The lowest BCUT2D eigenvalue weighted by molar-refractivity contribution is 0.390. The first-order valence-electron chi connectivity index (χ1n) is 5.07. The van der Waals surface area contributed by atoms with Gasteiger partial charge < -0.3 is 5.32 Å². The average Bonchev–Trinajstić information content (AvgIpc) is 2.09. The summed E-state index contributed by atoms with van der Waals surface area (Å²) in [6.45, 7) is 7.44. The predicted molar refractivity (Wildman–Crippen MR) is 66.7 cm³/mol. The number of halogens is 2. The van der Waals surface area contributed by atoms with E-state index >= 15 is 0 Å². The zero-order valence-electron chi connectivity index (χ0n) is 9.40. The molecule has 0 spiro atoms. The van der Waals surface area contributed by atoms with E-state index < -0.39 is 0 Å². The van der Waals surface area contributed by atoms with Crippen molar-refractivity contribution in [3.05, 3.63) is 28.5 Å². The molecule has 0 unspecified atom stereocenters. The lowest BCUT2D eigenvalue weighted by Crippen LogP contribution is -2.12. The highest BCUT2D eigenvalue weighted by molar-refractivity contribution is 9.10. The summed E-state index contributed by atoms with van der Waals surface area (Å²) in [6, 6.07) is 5.09. The van der Waals surface area contributed by atoms with Gasteiger partial charge in [0.05, 0.1) is 4.47 Å². The fourth-order valence-electron chi connectivity index (χ4n) is 1.19. The topological polar surface area (TPSA) is 12.0 Å². The van der Waals surface area contributed by atoms with Crippen LogP contribution in [0, 0.1) is 11.2 Å². The predicted octanol–water partition coefficient (Wildman–Crippen LogP) is 4.44. The van der Waals surface area contributed by atoms with Crippen LogP contribution < -0.4 is 5.32 Å². The van der Waals surface area contributed by atoms with Crippen molar-refractivity contribution in [2.24, 2.45) is 5.41 Å². The number of nitrogens with one attached hydrogen (secondary N) is 1. The van der Waals surface area contributed by atoms with E-state index in [-0.39, 0.29) is 5.82 Å². The standard InChI is InChI=1S/C12H17BrFN/c1-12(2,3)6-7-15-9-4-5-10(13)11(14)8-9/h4-5,8,15H,6-7H2,1-3H3. The lowest BCUT2D eigenvalue weighted by Gasteiger charge is -2.18. The van der Waals surface area contributed by atoms with E-state index in [1.165, 1.54) is 6.07 Å². The van der Waals surface area contributed by atoms with Crippen molar-refractivity contribution in [1.29, 1.82) is 0 Å². The Morgan fingerprint density at radius 2 is 2.00 bits per heavy atom. The number of benzene rings is 1. The molecule has 1 rings (SSSR count). The van der Waals surface area contributed by atoms with Crippen molar-refractivity contribution in [3.8, 4) is 0 Å². The van der Waals surface area contributed by atoms with Gasteiger partial charge in [-0.15, -0.1) is 0 Å². The molecule has 0 radical (unpaired) electrons. The molecule has 1 aromatic carbocycles. The van der Waals surface area contributed by atoms with Crippen LogP contribution in [0.2, 0.25) is 0 Å². The highest BCUT2D eigenvalue weighted by Gasteiger charge is 2.09. The van der Waals surface area contributed by atoms with E-state index in [1.54, 1.807) is 6.07 Å². The Morgan fingerprint density at radius 3 is 2.53 bits per heavy atom. The maximum absolute atomic E-state index is 13.2. The smallest absolute Gasteiger partial charge is 0.139 e. The van der Waals surface area contributed by atoms with Crippen LogP contribution in [0.1, 0.15) is 27.2 Å². The molecule has 1 N–H and O–H groups in total. The van der Waals surface area contributed by atoms with Gasteiger partial charge in [-0.3, -0.25) is 0 Å². The minimum absolute atomic E-state index is 0.226. The monoisotopic (exact) mass is 273 g/mol. The summed E-state index contributed by atoms with van der Waals surface area (Å²) in [7, 11) is 0. The van der Waals surface area contributed by atoms with Crippen LogP contribution in [0.15, 0.2) is 22.7 Å². The third kappa shape index (κ3) is 4.65. The first-order valence-corrected chi connectivity index (χ1v) is 5.87. The molecule has 0 heterocycles. The third-order valence-corrected chi connectivity index (χ3v) is 2.77. The Bertz CT molecular complexity index is 331. The van der Waals surface area contributed by atoms with E-state index in [0.29, 0.717) is 9.89 Å². The molecule has 1 nitrogen and oxygen atoms in total. The molecule has 0 bridgehead atoms. The van der Waals surface area contributed by atoms with Crippen LogP contribution >= 0.6 is 15.9 Å². The van der Waals surface area contributed by atoms with Gasteiger partial charge in [0.2, 0.25) is 0 Å². The largest absolute Gasteiger partial charge is 0.385 e. The van der Waals surface area contributed by atoms with Crippen molar-refractivity contribution in [3.63, 3.8) is 0 Å². The summed E-state index contributed by atoms with van der Waals surface area (Å²) in [5, 5.41) is 3.21. The van der Waals surface area contributed by atoms with E-state index in [1.807, 2.05) is 6.07 Å². The third-order valence-electron chi connectivity index (χ3n) is 2.12. The van der Waals surface area contributed by atoms with Gasteiger partial charge in [0.1, 0.15) is 5.82 Å². The summed E-state index contributed by atoms with van der Waals surface area (Å²) in [5.74, 6) is -0.226. The molecule has 0 saturated carbocycles. The molecule has 0 aliphatic carbocycles. The quantitative estimate of drug-likeness (QED) is 0.859. The minimum Gasteiger partial charge on any atom is -0.385 e. The Hall–Kier alpha value is -0.570. The fraction of sp³-hybridized carbons (Fsp3) is 0.500. The molecular formula is C12H17BrFN. The van der Waals surface area contributed by atoms with Crippen molar-refractivity contribution in [2.45, 2.75) is 27.2 Å². The molecule has 0 aliphatic heterocycles. The summed E-state index contributed by atoms with van der Waals surface area (Å²) >= 11 is 3.13. The first kappa shape index (κ1) is 12.5. The maximum Gasteiger partial charge on any atom is 0.139 e. The Labute approximate surface area is 99.2 Å². The molecule has 3 heteroatoms. The Balaban J connectivity index is 2.48. The second-order valence-electron chi connectivity index (χ2n) is 4.87. The van der Waals surface area contributed by atoms with Gasteiger partial charge >= 0.3 is 0 Å². The number of hydrogen-bond acceptors (Lipinski definition) is 1. The molecule has 0 amide bonds. The van der Waals surface area contributed by atoms with E-state index in [2.05, 4.69) is 42.0 Å². The Morgan fingerprint density at radius 1 is 1.33 bits per heavy atom. The molecule has 84 valence electrons. The second kappa shape index (κ2) is 4.97. The summed E-state index contributed by atoms with van der Waals surface area (Å²) in [5.41, 5.74) is 1.14. The summed E-state index contributed by atoms with van der Waals surface area (Å²) < 4.78 is 13.7. The minimum atomic E-state index is -0.226. The average molecular weight is 274 g/mol. The SMILES string of the molecule is CC(C)(C)CCNc1ccc(Br)c(F)c1. The van der Waals surface area contributed by atoms with Gasteiger partial charge in [0.25, 0.3) is 0 Å². The summed E-state index contributed by atoms with van der Waals surface area (Å²) in [4.78, 5) is 0. The fourth-order valence-corrected chi connectivity index (χ4v) is 1.43.